The van der Waals surface area contributed by atoms with E-state index in [1.165, 1.54) is 31.3 Å². The van der Waals surface area contributed by atoms with Crippen LogP contribution in [-0.2, 0) is 0 Å². The smallest absolute Gasteiger partial charge is 0.0511 e. The van der Waals surface area contributed by atoms with Crippen LogP contribution in [0.3, 0.4) is 0 Å². The molecule has 0 radical (unpaired) electrons. The van der Waals surface area contributed by atoms with E-state index in [0.29, 0.717) is 0 Å². The van der Waals surface area contributed by atoms with E-state index in [4.69, 9.17) is 0 Å². The molecule has 0 atom stereocenters. The van der Waals surface area contributed by atoms with Crippen molar-refractivity contribution >= 4 is 82.7 Å². The lowest BCUT2D eigenvalue weighted by molar-refractivity contribution is 1.21. The molecule has 9 rings (SSSR count). The molecule has 0 aliphatic heterocycles. The van der Waals surface area contributed by atoms with Gasteiger partial charge in [0.2, 0.25) is 0 Å². The molecule has 1 aromatic heterocycles. The summed E-state index contributed by atoms with van der Waals surface area (Å²) in [5.74, 6) is 0. The Balaban J connectivity index is 1.22. The third-order valence-corrected chi connectivity index (χ3v) is 11.1. The van der Waals surface area contributed by atoms with Gasteiger partial charge in [-0.1, -0.05) is 97.1 Å². The summed E-state index contributed by atoms with van der Waals surface area (Å²) in [7, 11) is 0. The van der Waals surface area contributed by atoms with Crippen LogP contribution in [0.25, 0.3) is 20.2 Å². The summed E-state index contributed by atoms with van der Waals surface area (Å²) in [6, 6.07) is 72.0. The molecule has 54 heavy (non-hydrogen) atoms. The number of hydrogen-bond donors (Lipinski definition) is 0. The number of thiophene rings is 1. The van der Waals surface area contributed by atoms with Crippen molar-refractivity contribution in [2.45, 2.75) is 13.8 Å². The van der Waals surface area contributed by atoms with E-state index in [1.807, 2.05) is 11.3 Å². The molecule has 0 N–H and O–H groups in total. The van der Waals surface area contributed by atoms with E-state index >= 15 is 0 Å². The molecule has 0 amide bonds. The fraction of sp³-hybridized carbons (Fsp3) is 0.0400. The molecule has 3 nitrogen and oxygen atoms in total. The highest BCUT2D eigenvalue weighted by atomic mass is 32.1. The monoisotopic (exact) mass is 713 g/mol. The fourth-order valence-corrected chi connectivity index (χ4v) is 8.55. The second-order valence-electron chi connectivity index (χ2n) is 13.6. The second kappa shape index (κ2) is 14.4. The molecule has 0 fully saturated rings. The first-order valence-electron chi connectivity index (χ1n) is 18.3. The summed E-state index contributed by atoms with van der Waals surface area (Å²) >= 11 is 1.85. The first-order chi connectivity index (χ1) is 26.6. The maximum absolute atomic E-state index is 2.40. The van der Waals surface area contributed by atoms with Crippen LogP contribution in [0.4, 0.5) is 51.2 Å². The fourth-order valence-electron chi connectivity index (χ4n) is 7.46. The van der Waals surface area contributed by atoms with Gasteiger partial charge in [-0.2, -0.15) is 0 Å². The van der Waals surface area contributed by atoms with Crippen molar-refractivity contribution in [3.63, 3.8) is 0 Å². The van der Waals surface area contributed by atoms with Crippen LogP contribution in [0.15, 0.2) is 200 Å². The van der Waals surface area contributed by atoms with Crippen LogP contribution >= 0.6 is 11.3 Å². The Bertz CT molecular complexity index is 2650. The molecule has 0 spiro atoms. The number of nitrogens with zero attached hydrogens (tertiary/aromatic N) is 3. The molecule has 0 aliphatic rings. The van der Waals surface area contributed by atoms with E-state index in [2.05, 4.69) is 229 Å². The van der Waals surface area contributed by atoms with Crippen molar-refractivity contribution in [2.24, 2.45) is 0 Å². The predicted molar refractivity (Wildman–Crippen MR) is 233 cm³/mol. The molecular formula is C50H39N3S. The summed E-state index contributed by atoms with van der Waals surface area (Å²) in [4.78, 5) is 7.12. The van der Waals surface area contributed by atoms with E-state index in [9.17, 15) is 0 Å². The van der Waals surface area contributed by atoms with Gasteiger partial charge >= 0.3 is 0 Å². The molecule has 0 unspecified atom stereocenters. The highest BCUT2D eigenvalue weighted by Gasteiger charge is 2.22. The number of fused-ring (bicyclic) bond motifs is 3. The molecule has 9 aromatic rings. The topological polar surface area (TPSA) is 9.72 Å². The number of benzene rings is 8. The molecule has 4 heteroatoms. The molecular weight excluding hydrogens is 675 g/mol. The average molecular weight is 714 g/mol. The Labute approximate surface area is 321 Å². The van der Waals surface area contributed by atoms with Crippen LogP contribution < -0.4 is 14.7 Å². The van der Waals surface area contributed by atoms with Crippen molar-refractivity contribution < 1.29 is 0 Å². The van der Waals surface area contributed by atoms with Gasteiger partial charge in [0.05, 0.1) is 5.69 Å². The van der Waals surface area contributed by atoms with Gasteiger partial charge in [-0.25, -0.2) is 0 Å². The summed E-state index contributed by atoms with van der Waals surface area (Å²) in [6.45, 7) is 4.40. The van der Waals surface area contributed by atoms with Crippen LogP contribution in [0.5, 0.6) is 0 Å². The highest BCUT2D eigenvalue weighted by molar-refractivity contribution is 7.25. The Morgan fingerprint density at radius 1 is 0.315 bits per heavy atom. The quantitative estimate of drug-likeness (QED) is 0.147. The van der Waals surface area contributed by atoms with Gasteiger partial charge in [-0.3, -0.25) is 0 Å². The minimum absolute atomic E-state index is 1.08. The minimum Gasteiger partial charge on any atom is -0.310 e. The van der Waals surface area contributed by atoms with Gasteiger partial charge in [-0.05, 0) is 128 Å². The lowest BCUT2D eigenvalue weighted by Crippen LogP contribution is -2.15. The highest BCUT2D eigenvalue weighted by Crippen LogP contribution is 2.45. The zero-order valence-corrected chi connectivity index (χ0v) is 31.1. The first kappa shape index (κ1) is 33.2. The summed E-state index contributed by atoms with van der Waals surface area (Å²) in [5, 5.41) is 2.57. The maximum atomic E-state index is 2.40. The van der Waals surface area contributed by atoms with Crippen LogP contribution in [-0.4, -0.2) is 0 Å². The molecule has 0 bridgehead atoms. The van der Waals surface area contributed by atoms with Crippen molar-refractivity contribution in [1.29, 1.82) is 0 Å². The third kappa shape index (κ3) is 6.38. The van der Waals surface area contributed by atoms with Gasteiger partial charge in [0.15, 0.2) is 0 Å². The van der Waals surface area contributed by atoms with Gasteiger partial charge in [-0.15, -0.1) is 11.3 Å². The number of anilines is 9. The Morgan fingerprint density at radius 2 is 0.759 bits per heavy atom. The predicted octanol–water partition coefficient (Wildman–Crippen LogP) is 15.1. The second-order valence-corrected chi connectivity index (χ2v) is 14.7. The molecule has 260 valence electrons. The molecule has 8 aromatic carbocycles. The standard InChI is InChI=1S/C50H39N3S/c1-36-31-44(51(38-17-7-3-8-18-38)39-19-9-4-10-20-39)33-45(32-36)52(40-21-11-5-12-22-40)43-28-27-37(2)48(35-43)53(41-23-13-6-14-24-41)42-29-30-50-47(34-42)46-25-15-16-26-49(46)54-50/h3-35H,1-2H3. The van der Waals surface area contributed by atoms with Crippen molar-refractivity contribution in [2.75, 3.05) is 14.7 Å². The normalized spacial score (nSPS) is 11.1. The third-order valence-electron chi connectivity index (χ3n) is 9.93. The van der Waals surface area contributed by atoms with Crippen molar-refractivity contribution in [3.05, 3.63) is 211 Å². The zero-order chi connectivity index (χ0) is 36.4. The molecule has 0 saturated heterocycles. The van der Waals surface area contributed by atoms with Crippen LogP contribution in [0.2, 0.25) is 0 Å². The van der Waals surface area contributed by atoms with E-state index in [-0.39, 0.29) is 0 Å². The van der Waals surface area contributed by atoms with E-state index in [1.54, 1.807) is 0 Å². The summed E-state index contributed by atoms with van der Waals surface area (Å²) < 4.78 is 2.60. The number of para-hydroxylation sites is 4. The Morgan fingerprint density at radius 3 is 1.33 bits per heavy atom. The van der Waals surface area contributed by atoms with Crippen LogP contribution in [0, 0.1) is 13.8 Å². The minimum atomic E-state index is 1.08. The van der Waals surface area contributed by atoms with Crippen LogP contribution in [0.1, 0.15) is 11.1 Å². The number of hydrogen-bond acceptors (Lipinski definition) is 4. The van der Waals surface area contributed by atoms with Gasteiger partial charge in [0.25, 0.3) is 0 Å². The largest absolute Gasteiger partial charge is 0.310 e. The summed E-state index contributed by atoms with van der Waals surface area (Å²) in [6.07, 6.45) is 0. The first-order valence-corrected chi connectivity index (χ1v) is 19.2. The lowest BCUT2D eigenvalue weighted by atomic mass is 10.1. The zero-order valence-electron chi connectivity index (χ0n) is 30.3. The van der Waals surface area contributed by atoms with Gasteiger partial charge in [0, 0.05) is 65.7 Å². The molecule has 0 saturated carbocycles. The molecule has 1 heterocycles. The average Bonchev–Trinajstić information content (AvgIpc) is 3.59. The Kier molecular flexibility index (Phi) is 8.88. The lowest BCUT2D eigenvalue weighted by Gasteiger charge is -2.32. The van der Waals surface area contributed by atoms with E-state index < -0.39 is 0 Å². The van der Waals surface area contributed by atoms with Gasteiger partial charge < -0.3 is 14.7 Å². The Hall–Kier alpha value is -6.62. The van der Waals surface area contributed by atoms with Crippen molar-refractivity contribution in [1.82, 2.24) is 0 Å². The van der Waals surface area contributed by atoms with Crippen molar-refractivity contribution in [3.8, 4) is 0 Å². The van der Waals surface area contributed by atoms with E-state index in [0.717, 1.165) is 51.2 Å². The molecule has 0 aliphatic carbocycles. The summed E-state index contributed by atoms with van der Waals surface area (Å²) in [5.41, 5.74) is 12.3. The maximum Gasteiger partial charge on any atom is 0.0511 e. The SMILES string of the molecule is Cc1cc(N(c2ccccc2)c2ccccc2)cc(N(c2ccccc2)c2ccc(C)c(N(c3ccccc3)c3ccc4sc5ccccc5c4c3)c2)c1. The number of rotatable bonds is 9. The number of aryl methyl sites for hydroxylation is 2. The van der Waals surface area contributed by atoms with Gasteiger partial charge in [0.1, 0.15) is 0 Å².